The van der Waals surface area contributed by atoms with E-state index in [1.54, 1.807) is 0 Å². The second-order valence-electron chi connectivity index (χ2n) is 7.33. The van der Waals surface area contributed by atoms with E-state index in [1.165, 1.54) is 11.1 Å². The third kappa shape index (κ3) is 5.52. The van der Waals surface area contributed by atoms with Crippen molar-refractivity contribution >= 4 is 42.5 Å². The first-order chi connectivity index (χ1) is 11.6. The van der Waals surface area contributed by atoms with Gasteiger partial charge in [0.25, 0.3) is 0 Å². The molecule has 1 amide bonds. The van der Waals surface area contributed by atoms with Gasteiger partial charge in [0.05, 0.1) is 5.41 Å². The number of thioether (sulfide) groups is 1. The zero-order valence-electron chi connectivity index (χ0n) is 15.6. The number of hydrogen-bond donors (Lipinski definition) is 2. The Labute approximate surface area is 174 Å². The summed E-state index contributed by atoms with van der Waals surface area (Å²) in [4.78, 5) is 15.0. The minimum absolute atomic E-state index is 0. The second kappa shape index (κ2) is 10.8. The summed E-state index contributed by atoms with van der Waals surface area (Å²) >= 11 is 1.95. The smallest absolute Gasteiger partial charge is 0.229 e. The van der Waals surface area contributed by atoms with E-state index in [4.69, 9.17) is 0 Å². The lowest BCUT2D eigenvalue weighted by Crippen LogP contribution is -2.47. The maximum atomic E-state index is 12.7. The lowest BCUT2D eigenvalue weighted by Gasteiger charge is -2.26. The molecule has 0 radical (unpaired) electrons. The summed E-state index contributed by atoms with van der Waals surface area (Å²) in [5.41, 5.74) is 2.52. The Morgan fingerprint density at radius 1 is 1.42 bits per heavy atom. The van der Waals surface area contributed by atoms with E-state index in [1.807, 2.05) is 11.8 Å². The van der Waals surface area contributed by atoms with Crippen molar-refractivity contribution in [2.24, 2.45) is 11.3 Å². The van der Waals surface area contributed by atoms with Crippen molar-refractivity contribution in [1.29, 1.82) is 0 Å². The summed E-state index contributed by atoms with van der Waals surface area (Å²) in [5.74, 6) is 2.86. The number of halogens is 2. The van der Waals surface area contributed by atoms with Crippen LogP contribution in [0.4, 0.5) is 0 Å². The van der Waals surface area contributed by atoms with Crippen LogP contribution in [0.15, 0.2) is 24.3 Å². The van der Waals surface area contributed by atoms with Gasteiger partial charge in [0.15, 0.2) is 0 Å². The fourth-order valence-corrected chi connectivity index (χ4v) is 4.95. The third-order valence-corrected chi connectivity index (χ3v) is 6.37. The molecule has 2 aliphatic heterocycles. The Bertz CT molecular complexity index is 590. The van der Waals surface area contributed by atoms with Crippen molar-refractivity contribution < 1.29 is 4.79 Å². The van der Waals surface area contributed by atoms with Gasteiger partial charge < -0.3 is 15.5 Å². The minimum Gasteiger partial charge on any atom is -0.355 e. The molecule has 148 valence electrons. The van der Waals surface area contributed by atoms with Gasteiger partial charge in [-0.2, -0.15) is 11.8 Å². The quantitative estimate of drug-likeness (QED) is 0.666. The van der Waals surface area contributed by atoms with Crippen LogP contribution in [0.5, 0.6) is 0 Å². The summed E-state index contributed by atoms with van der Waals surface area (Å²) in [5, 5.41) is 6.60. The molecule has 0 saturated carbocycles. The Morgan fingerprint density at radius 3 is 3.00 bits per heavy atom. The highest BCUT2D eigenvalue weighted by molar-refractivity contribution is 7.98. The van der Waals surface area contributed by atoms with Gasteiger partial charge in [-0.25, -0.2) is 0 Å². The fourth-order valence-electron chi connectivity index (χ4n) is 4.04. The van der Waals surface area contributed by atoms with Crippen molar-refractivity contribution in [1.82, 2.24) is 15.5 Å². The van der Waals surface area contributed by atoms with Crippen molar-refractivity contribution in [3.05, 3.63) is 35.4 Å². The van der Waals surface area contributed by atoms with Gasteiger partial charge in [-0.05, 0) is 31.7 Å². The van der Waals surface area contributed by atoms with Gasteiger partial charge in [0, 0.05) is 44.4 Å². The van der Waals surface area contributed by atoms with E-state index >= 15 is 0 Å². The summed E-state index contributed by atoms with van der Waals surface area (Å²) in [7, 11) is 2.12. The van der Waals surface area contributed by atoms with Gasteiger partial charge in [-0.1, -0.05) is 29.8 Å². The van der Waals surface area contributed by atoms with Gasteiger partial charge >= 0.3 is 0 Å². The zero-order chi connectivity index (χ0) is 17.0. The molecule has 0 aliphatic carbocycles. The zero-order valence-corrected chi connectivity index (χ0v) is 18.1. The lowest BCUT2D eigenvalue weighted by molar-refractivity contribution is -0.130. The van der Waals surface area contributed by atoms with E-state index in [-0.39, 0.29) is 36.1 Å². The predicted octanol–water partition coefficient (Wildman–Crippen LogP) is 2.73. The summed E-state index contributed by atoms with van der Waals surface area (Å²) in [6.07, 6.45) is 1.03. The standard InChI is InChI=1S/C19H29N3OS.2ClH/c1-15-5-3-6-16(9-15)12-24-8-4-7-21-18(23)19-13-20-10-17(19)11-22(2)14-19;;/h3,5-6,9,17,20H,4,7-8,10-14H2,1-2H3,(H,21,23);2*1H/t17-,19-;;/m1../s1. The molecule has 2 aliphatic rings. The summed E-state index contributed by atoms with van der Waals surface area (Å²) in [6, 6.07) is 8.69. The Kier molecular flexibility index (Phi) is 9.76. The molecule has 7 heteroatoms. The average molecular weight is 420 g/mol. The fraction of sp³-hybridized carbons (Fsp3) is 0.632. The number of carbonyl (C=O) groups is 1. The van der Waals surface area contributed by atoms with Gasteiger partial charge in [-0.15, -0.1) is 24.8 Å². The molecule has 2 saturated heterocycles. The van der Waals surface area contributed by atoms with Crippen LogP contribution in [0.2, 0.25) is 0 Å². The molecular weight excluding hydrogens is 389 g/mol. The topological polar surface area (TPSA) is 44.4 Å². The van der Waals surface area contributed by atoms with Crippen molar-refractivity contribution in [2.75, 3.05) is 45.5 Å². The number of likely N-dealkylation sites (tertiary alicyclic amines) is 1. The maximum Gasteiger partial charge on any atom is 0.229 e. The summed E-state index contributed by atoms with van der Waals surface area (Å²) < 4.78 is 0. The molecule has 1 aromatic carbocycles. The van der Waals surface area contributed by atoms with E-state index < -0.39 is 0 Å². The monoisotopic (exact) mass is 419 g/mol. The van der Waals surface area contributed by atoms with E-state index in [9.17, 15) is 4.79 Å². The molecular formula is C19H31Cl2N3OS. The highest BCUT2D eigenvalue weighted by Gasteiger charge is 2.53. The van der Waals surface area contributed by atoms with Crippen molar-refractivity contribution in [3.63, 3.8) is 0 Å². The van der Waals surface area contributed by atoms with Gasteiger partial charge in [0.1, 0.15) is 0 Å². The number of carbonyl (C=O) groups excluding carboxylic acids is 1. The van der Waals surface area contributed by atoms with E-state index in [2.05, 4.69) is 53.8 Å². The molecule has 0 bridgehead atoms. The first kappa shape index (κ1) is 23.6. The number of aryl methyl sites for hydroxylation is 1. The number of nitrogens with zero attached hydrogens (tertiary/aromatic N) is 1. The van der Waals surface area contributed by atoms with Gasteiger partial charge in [-0.3, -0.25) is 4.79 Å². The molecule has 26 heavy (non-hydrogen) atoms. The molecule has 2 heterocycles. The minimum atomic E-state index is -0.191. The normalized spacial score (nSPS) is 24.5. The predicted molar refractivity (Wildman–Crippen MR) is 116 cm³/mol. The second-order valence-corrected chi connectivity index (χ2v) is 8.44. The number of hydrogen-bond acceptors (Lipinski definition) is 4. The molecule has 4 nitrogen and oxygen atoms in total. The number of benzene rings is 1. The van der Waals surface area contributed by atoms with E-state index in [0.29, 0.717) is 5.92 Å². The molecule has 3 rings (SSSR count). The maximum absolute atomic E-state index is 12.7. The molecule has 0 aromatic heterocycles. The lowest BCUT2D eigenvalue weighted by atomic mass is 9.80. The molecule has 1 aromatic rings. The van der Waals surface area contributed by atoms with Crippen molar-refractivity contribution in [3.8, 4) is 0 Å². The molecule has 0 spiro atoms. The first-order valence-electron chi connectivity index (χ1n) is 8.91. The number of nitrogens with one attached hydrogen (secondary N) is 2. The SMILES string of the molecule is Cc1cccc(CSCCCNC(=O)[C@@]23CNC[C@@H]2CN(C)C3)c1.Cl.Cl. The van der Waals surface area contributed by atoms with Crippen LogP contribution in [-0.4, -0.2) is 56.3 Å². The number of rotatable bonds is 7. The Morgan fingerprint density at radius 2 is 2.23 bits per heavy atom. The number of fused-ring (bicyclic) bond motifs is 1. The van der Waals surface area contributed by atoms with Crippen LogP contribution in [0.1, 0.15) is 17.5 Å². The summed E-state index contributed by atoms with van der Waals surface area (Å²) in [6.45, 7) is 6.65. The Balaban J connectivity index is 0.00000169. The van der Waals surface area contributed by atoms with Gasteiger partial charge in [0.2, 0.25) is 5.91 Å². The van der Waals surface area contributed by atoms with Crippen LogP contribution in [-0.2, 0) is 10.5 Å². The molecule has 2 atom stereocenters. The highest BCUT2D eigenvalue weighted by atomic mass is 35.5. The van der Waals surface area contributed by atoms with Crippen LogP contribution < -0.4 is 10.6 Å². The van der Waals surface area contributed by atoms with Crippen LogP contribution in [0.25, 0.3) is 0 Å². The first-order valence-corrected chi connectivity index (χ1v) is 10.1. The highest BCUT2D eigenvalue weighted by Crippen LogP contribution is 2.38. The Hall–Kier alpha value is -0.460. The van der Waals surface area contributed by atoms with Crippen LogP contribution in [0.3, 0.4) is 0 Å². The van der Waals surface area contributed by atoms with E-state index in [0.717, 1.165) is 50.7 Å². The number of amides is 1. The average Bonchev–Trinajstić information content (AvgIpc) is 3.07. The van der Waals surface area contributed by atoms with Crippen LogP contribution >= 0.6 is 36.6 Å². The van der Waals surface area contributed by atoms with Crippen molar-refractivity contribution in [2.45, 2.75) is 19.1 Å². The third-order valence-electron chi connectivity index (χ3n) is 5.25. The largest absolute Gasteiger partial charge is 0.355 e. The molecule has 2 N–H and O–H groups in total. The molecule has 2 fully saturated rings. The van der Waals surface area contributed by atoms with Crippen LogP contribution in [0, 0.1) is 18.3 Å². The molecule has 0 unspecified atom stereocenters.